The van der Waals surface area contributed by atoms with Crippen molar-refractivity contribution in [2.45, 2.75) is 0 Å². The second-order valence-corrected chi connectivity index (χ2v) is 2.23. The molecule has 5 nitrogen and oxygen atoms in total. The fraction of sp³-hybridized carbons (Fsp3) is 0. The minimum absolute atomic E-state index is 0. The van der Waals surface area contributed by atoms with E-state index in [1.165, 1.54) is 0 Å². The zero-order valence-corrected chi connectivity index (χ0v) is 9.37. The third-order valence-electron chi connectivity index (χ3n) is 0.496. The molecule has 0 aliphatic heterocycles. The van der Waals surface area contributed by atoms with Crippen molar-refractivity contribution in [2.75, 3.05) is 0 Å². The standard InChI is InChI=1S/C4H5N.Mg.H2O4S.H2S.2H/c1-2-4-5-3-1;;1-5(2,3)4;;;/h1-5H;;(H2,1,2,3,4);1H2;;/q;+2;;;2*-1. The predicted octanol–water partition coefficient (Wildman–Crippen LogP) is 0.319. The molecule has 1 rings (SSSR count). The molecule has 1 heterocycles. The quantitative estimate of drug-likeness (QED) is 0.438. The van der Waals surface area contributed by atoms with Crippen LogP contribution in [-0.4, -0.2) is 45.6 Å². The van der Waals surface area contributed by atoms with Crippen molar-refractivity contribution in [3.63, 3.8) is 0 Å². The van der Waals surface area contributed by atoms with Gasteiger partial charge in [0.05, 0.1) is 0 Å². The number of nitrogens with one attached hydrogen (secondary N) is 1. The Morgan fingerprint density at radius 2 is 1.42 bits per heavy atom. The number of aromatic nitrogens is 1. The molecule has 0 saturated carbocycles. The summed E-state index contributed by atoms with van der Waals surface area (Å²) in [6.45, 7) is 0. The molecule has 8 heteroatoms. The monoisotopic (exact) mass is 225 g/mol. The first-order valence-electron chi connectivity index (χ1n) is 2.28. The molecule has 12 heavy (non-hydrogen) atoms. The van der Waals surface area contributed by atoms with E-state index >= 15 is 0 Å². The van der Waals surface area contributed by atoms with Gasteiger partial charge in [0.1, 0.15) is 0 Å². The Labute approximate surface area is 96.7 Å². The summed E-state index contributed by atoms with van der Waals surface area (Å²) in [6, 6.07) is 3.89. The van der Waals surface area contributed by atoms with Gasteiger partial charge in [-0.05, 0) is 12.1 Å². The summed E-state index contributed by atoms with van der Waals surface area (Å²) < 4.78 is 31.6. The average molecular weight is 226 g/mol. The van der Waals surface area contributed by atoms with Crippen LogP contribution in [0.15, 0.2) is 24.5 Å². The smallest absolute Gasteiger partial charge is 1.00 e. The van der Waals surface area contributed by atoms with E-state index in [2.05, 4.69) is 4.98 Å². The summed E-state index contributed by atoms with van der Waals surface area (Å²) in [5.41, 5.74) is 0. The van der Waals surface area contributed by atoms with Crippen LogP contribution in [-0.2, 0) is 10.4 Å². The van der Waals surface area contributed by atoms with Gasteiger partial charge < -0.3 is 7.84 Å². The SMILES string of the molecule is O=S(=O)(O)O.S.[H-].[H-].[Mg+2].c1cc[nH]c1. The van der Waals surface area contributed by atoms with Gasteiger partial charge in [-0.1, -0.05) is 0 Å². The fourth-order valence-electron chi connectivity index (χ4n) is 0.278. The Bertz CT molecular complexity index is 229. The van der Waals surface area contributed by atoms with E-state index in [9.17, 15) is 0 Å². The van der Waals surface area contributed by atoms with Gasteiger partial charge in [-0.3, -0.25) is 9.11 Å². The van der Waals surface area contributed by atoms with Crippen LogP contribution in [0.3, 0.4) is 0 Å². The van der Waals surface area contributed by atoms with Crippen LogP contribution >= 0.6 is 13.5 Å². The molecule has 70 valence electrons. The summed E-state index contributed by atoms with van der Waals surface area (Å²) in [7, 11) is -4.67. The topological polar surface area (TPSA) is 90.4 Å². The molecule has 0 amide bonds. The van der Waals surface area contributed by atoms with Gasteiger partial charge in [-0.15, -0.1) is 0 Å². The maximum atomic E-state index is 8.74. The van der Waals surface area contributed by atoms with Crippen molar-refractivity contribution < 1.29 is 20.4 Å². The van der Waals surface area contributed by atoms with Gasteiger partial charge in [0.15, 0.2) is 0 Å². The summed E-state index contributed by atoms with van der Waals surface area (Å²) in [5.74, 6) is 0. The van der Waals surface area contributed by atoms with Crippen LogP contribution in [0, 0.1) is 0 Å². The molecule has 0 aliphatic rings. The molecule has 0 spiro atoms. The molecule has 1 aromatic rings. The molecule has 0 fully saturated rings. The average Bonchev–Trinajstić information content (AvgIpc) is 2.07. The number of hydrogen-bond donors (Lipinski definition) is 3. The molecule has 0 radical (unpaired) electrons. The summed E-state index contributed by atoms with van der Waals surface area (Å²) in [5, 5.41) is 0. The maximum absolute atomic E-state index is 8.74. The predicted molar refractivity (Wildman–Crippen MR) is 53.3 cm³/mol. The molecule has 0 aromatic carbocycles. The third-order valence-corrected chi connectivity index (χ3v) is 0.496. The zero-order chi connectivity index (χ0) is 8.04. The van der Waals surface area contributed by atoms with Crippen molar-refractivity contribution in [2.24, 2.45) is 0 Å². The van der Waals surface area contributed by atoms with Gasteiger partial charge in [0, 0.05) is 12.4 Å². The first-order valence-corrected chi connectivity index (χ1v) is 3.67. The molecule has 0 saturated heterocycles. The van der Waals surface area contributed by atoms with Crippen molar-refractivity contribution in [1.29, 1.82) is 0 Å². The number of H-pyrrole nitrogens is 1. The maximum Gasteiger partial charge on any atom is 2.00 e. The van der Waals surface area contributed by atoms with E-state index in [1.807, 2.05) is 24.5 Å². The van der Waals surface area contributed by atoms with Crippen LogP contribution < -0.4 is 0 Å². The Hall–Kier alpha value is 0.266. The Morgan fingerprint density at radius 3 is 1.50 bits per heavy atom. The molecule has 0 unspecified atom stereocenters. The van der Waals surface area contributed by atoms with Crippen molar-refractivity contribution in [3.05, 3.63) is 24.5 Å². The van der Waals surface area contributed by atoms with E-state index in [0.717, 1.165) is 0 Å². The molecular formula is C4H11MgNO4S2. The summed E-state index contributed by atoms with van der Waals surface area (Å²) in [4.78, 5) is 2.86. The number of rotatable bonds is 0. The first kappa shape index (κ1) is 18.1. The van der Waals surface area contributed by atoms with Crippen molar-refractivity contribution in [1.82, 2.24) is 4.98 Å². The largest absolute Gasteiger partial charge is 2.00 e. The molecular weight excluding hydrogens is 214 g/mol. The minimum Gasteiger partial charge on any atom is -1.00 e. The van der Waals surface area contributed by atoms with Crippen molar-refractivity contribution >= 4 is 46.9 Å². The molecule has 0 atom stereocenters. The second-order valence-electron chi connectivity index (χ2n) is 1.33. The zero-order valence-electron chi connectivity index (χ0n) is 8.14. The number of hydrogen-bond acceptors (Lipinski definition) is 2. The second kappa shape index (κ2) is 9.35. The van der Waals surface area contributed by atoms with E-state index in [4.69, 9.17) is 17.5 Å². The van der Waals surface area contributed by atoms with Gasteiger partial charge >= 0.3 is 33.5 Å². The Kier molecular flexibility index (Phi) is 14.1. The summed E-state index contributed by atoms with van der Waals surface area (Å²) >= 11 is 0. The summed E-state index contributed by atoms with van der Waals surface area (Å²) in [6.07, 6.45) is 3.75. The number of aromatic amines is 1. The van der Waals surface area contributed by atoms with Crippen LogP contribution in [0.5, 0.6) is 0 Å². The fourth-order valence-corrected chi connectivity index (χ4v) is 0.278. The van der Waals surface area contributed by atoms with E-state index in [1.54, 1.807) is 0 Å². The van der Waals surface area contributed by atoms with Gasteiger partial charge in [0.2, 0.25) is 0 Å². The van der Waals surface area contributed by atoms with Crippen molar-refractivity contribution in [3.8, 4) is 0 Å². The van der Waals surface area contributed by atoms with Gasteiger partial charge in [-0.2, -0.15) is 21.9 Å². The molecule has 3 N–H and O–H groups in total. The van der Waals surface area contributed by atoms with Crippen LogP contribution in [0.1, 0.15) is 2.85 Å². The van der Waals surface area contributed by atoms with Crippen LogP contribution in [0.25, 0.3) is 0 Å². The first-order chi connectivity index (χ1) is 4.50. The minimum atomic E-state index is -4.67. The Morgan fingerprint density at radius 1 is 1.17 bits per heavy atom. The van der Waals surface area contributed by atoms with Crippen LogP contribution in [0.4, 0.5) is 0 Å². The normalized spacial score (nSPS) is 8.17. The molecule has 0 aliphatic carbocycles. The van der Waals surface area contributed by atoms with E-state index < -0.39 is 10.4 Å². The molecule has 0 bridgehead atoms. The molecule has 1 aromatic heterocycles. The van der Waals surface area contributed by atoms with E-state index in [0.29, 0.717) is 0 Å². The van der Waals surface area contributed by atoms with E-state index in [-0.39, 0.29) is 39.4 Å². The van der Waals surface area contributed by atoms with Crippen LogP contribution in [0.2, 0.25) is 0 Å². The Balaban J connectivity index is -0.0000000300. The third kappa shape index (κ3) is 31.8. The van der Waals surface area contributed by atoms with Gasteiger partial charge in [-0.25, -0.2) is 0 Å². The van der Waals surface area contributed by atoms with Gasteiger partial charge in [0.25, 0.3) is 0 Å².